The minimum absolute atomic E-state index is 0.201. The molecule has 0 atom stereocenters. The molecule has 86 valence electrons. The van der Waals surface area contributed by atoms with Gasteiger partial charge in [0.2, 0.25) is 0 Å². The number of aromatic carboxylic acids is 2. The maximum atomic E-state index is 10.7. The van der Waals surface area contributed by atoms with Gasteiger partial charge in [0.15, 0.2) is 11.4 Å². The Hall–Kier alpha value is -2.11. The highest BCUT2D eigenvalue weighted by Gasteiger charge is 2.13. The lowest BCUT2D eigenvalue weighted by Gasteiger charge is -2.06. The Balaban J connectivity index is 3.08. The maximum absolute atomic E-state index is 10.7. The Morgan fingerprint density at radius 2 is 1.75 bits per heavy atom. The summed E-state index contributed by atoms with van der Waals surface area (Å²) in [7, 11) is 0. The molecule has 0 bridgehead atoms. The van der Waals surface area contributed by atoms with Crippen molar-refractivity contribution in [3.8, 4) is 5.75 Å². The Kier molecular flexibility index (Phi) is 3.82. The predicted octanol–water partition coefficient (Wildman–Crippen LogP) is 1.27. The molecule has 16 heavy (non-hydrogen) atoms. The maximum Gasteiger partial charge on any atom is 0.354 e. The minimum Gasteiger partial charge on any atom is -0.493 e. The van der Waals surface area contributed by atoms with Crippen LogP contribution in [-0.4, -0.2) is 33.7 Å². The van der Waals surface area contributed by atoms with Crippen molar-refractivity contribution < 1.29 is 24.5 Å². The molecule has 0 aliphatic heterocycles. The smallest absolute Gasteiger partial charge is 0.354 e. The summed E-state index contributed by atoms with van der Waals surface area (Å²) in [5.41, 5.74) is -0.683. The van der Waals surface area contributed by atoms with E-state index in [1.165, 1.54) is 12.1 Å². The first-order chi connectivity index (χ1) is 7.54. The van der Waals surface area contributed by atoms with Crippen molar-refractivity contribution in [1.29, 1.82) is 0 Å². The number of rotatable bonds is 5. The summed E-state index contributed by atoms with van der Waals surface area (Å²) in [4.78, 5) is 24.8. The summed E-state index contributed by atoms with van der Waals surface area (Å²) in [6.45, 7) is 2.28. The van der Waals surface area contributed by atoms with Crippen LogP contribution in [0.15, 0.2) is 12.1 Å². The number of carboxylic acids is 2. The molecule has 0 spiro atoms. The van der Waals surface area contributed by atoms with Gasteiger partial charge in [-0.1, -0.05) is 6.92 Å². The fourth-order valence-electron chi connectivity index (χ4n) is 1.03. The second-order valence-electron chi connectivity index (χ2n) is 3.03. The average Bonchev–Trinajstić information content (AvgIpc) is 2.25. The summed E-state index contributed by atoms with van der Waals surface area (Å²) in [6.07, 6.45) is 0.743. The molecule has 2 N–H and O–H groups in total. The molecule has 0 amide bonds. The first kappa shape index (κ1) is 12.0. The Labute approximate surface area is 91.5 Å². The van der Waals surface area contributed by atoms with Crippen LogP contribution in [0.25, 0.3) is 0 Å². The molecule has 0 radical (unpaired) electrons. The third kappa shape index (κ3) is 2.94. The van der Waals surface area contributed by atoms with E-state index in [-0.39, 0.29) is 17.1 Å². The fourth-order valence-corrected chi connectivity index (χ4v) is 1.03. The molecule has 1 heterocycles. The molecular weight excluding hydrogens is 214 g/mol. The molecule has 1 aromatic heterocycles. The third-order valence-corrected chi connectivity index (χ3v) is 1.71. The Morgan fingerprint density at radius 1 is 1.25 bits per heavy atom. The van der Waals surface area contributed by atoms with Crippen LogP contribution in [0.4, 0.5) is 0 Å². The highest BCUT2D eigenvalue weighted by molar-refractivity contribution is 5.90. The Bertz CT molecular complexity index is 383. The summed E-state index contributed by atoms with van der Waals surface area (Å²) in [5, 5.41) is 17.5. The number of hydrogen-bond acceptors (Lipinski definition) is 4. The van der Waals surface area contributed by atoms with E-state index in [0.29, 0.717) is 6.61 Å². The number of pyridine rings is 1. The van der Waals surface area contributed by atoms with Crippen LogP contribution in [-0.2, 0) is 0 Å². The number of carboxylic acid groups (broad SMARTS) is 2. The standard InChI is InChI=1S/C10H11NO5/c1-2-3-16-6-4-7(9(12)13)11-8(5-6)10(14)15/h4-5H,2-3H2,1H3,(H,12,13)(H,14,15). The molecule has 6 nitrogen and oxygen atoms in total. The van der Waals surface area contributed by atoms with E-state index in [0.717, 1.165) is 6.42 Å². The van der Waals surface area contributed by atoms with Crippen LogP contribution in [0, 0.1) is 0 Å². The van der Waals surface area contributed by atoms with E-state index in [9.17, 15) is 9.59 Å². The Morgan fingerprint density at radius 3 is 2.12 bits per heavy atom. The molecule has 6 heteroatoms. The summed E-state index contributed by atoms with van der Waals surface area (Å²) in [5.74, 6) is -2.37. The predicted molar refractivity (Wildman–Crippen MR) is 53.9 cm³/mol. The van der Waals surface area contributed by atoms with Crippen molar-refractivity contribution in [3.63, 3.8) is 0 Å². The van der Waals surface area contributed by atoms with Crippen LogP contribution in [0.1, 0.15) is 34.3 Å². The van der Waals surface area contributed by atoms with E-state index >= 15 is 0 Å². The van der Waals surface area contributed by atoms with Gasteiger partial charge >= 0.3 is 11.9 Å². The van der Waals surface area contributed by atoms with Crippen molar-refractivity contribution in [2.45, 2.75) is 13.3 Å². The second-order valence-corrected chi connectivity index (χ2v) is 3.03. The number of carbonyl (C=O) groups is 2. The van der Waals surface area contributed by atoms with Gasteiger partial charge in [-0.25, -0.2) is 14.6 Å². The van der Waals surface area contributed by atoms with Gasteiger partial charge in [-0.15, -0.1) is 0 Å². The molecule has 1 aromatic rings. The van der Waals surface area contributed by atoms with Gasteiger partial charge in [-0.2, -0.15) is 0 Å². The molecule has 0 unspecified atom stereocenters. The van der Waals surface area contributed by atoms with Gasteiger partial charge < -0.3 is 14.9 Å². The van der Waals surface area contributed by atoms with Crippen molar-refractivity contribution >= 4 is 11.9 Å². The van der Waals surface area contributed by atoms with E-state index < -0.39 is 11.9 Å². The third-order valence-electron chi connectivity index (χ3n) is 1.71. The van der Waals surface area contributed by atoms with Crippen LogP contribution < -0.4 is 4.74 Å². The number of ether oxygens (including phenoxy) is 1. The lowest BCUT2D eigenvalue weighted by Crippen LogP contribution is -2.08. The van der Waals surface area contributed by atoms with E-state index in [1.54, 1.807) is 0 Å². The first-order valence-electron chi connectivity index (χ1n) is 4.66. The van der Waals surface area contributed by atoms with Gasteiger partial charge in [0.25, 0.3) is 0 Å². The SMILES string of the molecule is CCCOc1cc(C(=O)O)nc(C(=O)O)c1. The minimum atomic E-state index is -1.29. The van der Waals surface area contributed by atoms with Gasteiger partial charge in [-0.3, -0.25) is 0 Å². The van der Waals surface area contributed by atoms with Crippen LogP contribution in [0.3, 0.4) is 0 Å². The van der Waals surface area contributed by atoms with Gasteiger partial charge in [0, 0.05) is 12.1 Å². The monoisotopic (exact) mass is 225 g/mol. The van der Waals surface area contributed by atoms with Crippen LogP contribution in [0.5, 0.6) is 5.75 Å². The van der Waals surface area contributed by atoms with E-state index in [4.69, 9.17) is 14.9 Å². The second kappa shape index (κ2) is 5.11. The van der Waals surface area contributed by atoms with Crippen molar-refractivity contribution in [2.24, 2.45) is 0 Å². The van der Waals surface area contributed by atoms with Crippen LogP contribution in [0.2, 0.25) is 0 Å². The molecule has 1 rings (SSSR count). The molecule has 0 aliphatic carbocycles. The fraction of sp³-hybridized carbons (Fsp3) is 0.300. The highest BCUT2D eigenvalue weighted by Crippen LogP contribution is 2.15. The van der Waals surface area contributed by atoms with Crippen molar-refractivity contribution in [3.05, 3.63) is 23.5 Å². The zero-order valence-corrected chi connectivity index (χ0v) is 8.64. The van der Waals surface area contributed by atoms with E-state index in [1.807, 2.05) is 6.92 Å². The number of nitrogens with zero attached hydrogens (tertiary/aromatic N) is 1. The highest BCUT2D eigenvalue weighted by atomic mass is 16.5. The zero-order chi connectivity index (χ0) is 12.1. The van der Waals surface area contributed by atoms with Crippen molar-refractivity contribution in [1.82, 2.24) is 4.98 Å². The molecule has 0 saturated heterocycles. The zero-order valence-electron chi connectivity index (χ0n) is 8.64. The summed E-state index contributed by atoms with van der Waals surface area (Å²) in [6, 6.07) is 2.40. The lowest BCUT2D eigenvalue weighted by atomic mass is 10.3. The van der Waals surface area contributed by atoms with Crippen LogP contribution >= 0.6 is 0 Å². The average molecular weight is 225 g/mol. The van der Waals surface area contributed by atoms with Gasteiger partial charge in [-0.05, 0) is 6.42 Å². The first-order valence-corrected chi connectivity index (χ1v) is 4.66. The van der Waals surface area contributed by atoms with E-state index in [2.05, 4.69) is 4.98 Å². The topological polar surface area (TPSA) is 96.7 Å². The number of aromatic nitrogens is 1. The normalized spacial score (nSPS) is 9.81. The molecule has 0 saturated carbocycles. The molecule has 0 aliphatic rings. The molecule has 0 fully saturated rings. The number of hydrogen-bond donors (Lipinski definition) is 2. The van der Waals surface area contributed by atoms with Gasteiger partial charge in [0.05, 0.1) is 6.61 Å². The lowest BCUT2D eigenvalue weighted by molar-refractivity contribution is 0.0684. The summed E-state index contributed by atoms with van der Waals surface area (Å²) < 4.78 is 5.17. The van der Waals surface area contributed by atoms with Crippen molar-refractivity contribution in [2.75, 3.05) is 6.61 Å². The van der Waals surface area contributed by atoms with Gasteiger partial charge in [0.1, 0.15) is 5.75 Å². The quantitative estimate of drug-likeness (QED) is 0.783. The summed E-state index contributed by atoms with van der Waals surface area (Å²) >= 11 is 0. The largest absolute Gasteiger partial charge is 0.493 e. The molecule has 0 aromatic carbocycles. The molecular formula is C10H11NO5.